The molecule has 0 spiro atoms. The van der Waals surface area contributed by atoms with Crippen molar-refractivity contribution < 1.29 is 4.57 Å². The lowest BCUT2D eigenvalue weighted by Crippen LogP contribution is -2.34. The Kier molecular flexibility index (Phi) is 2.44. The van der Waals surface area contributed by atoms with Gasteiger partial charge >= 0.3 is 0 Å². The third-order valence-electron chi connectivity index (χ3n) is 2.01. The SMILES string of the molecule is CC[n+]1ccncc1-c1cnccn1. The average Bonchev–Trinajstić information content (AvgIpc) is 2.30. The molecule has 0 saturated heterocycles. The molecule has 0 amide bonds. The Labute approximate surface area is 82.3 Å². The van der Waals surface area contributed by atoms with Crippen LogP contribution in [0.5, 0.6) is 0 Å². The van der Waals surface area contributed by atoms with Crippen LogP contribution in [0.1, 0.15) is 6.92 Å². The first kappa shape index (κ1) is 8.74. The largest absolute Gasteiger partial charge is 0.261 e. The zero-order chi connectivity index (χ0) is 9.80. The van der Waals surface area contributed by atoms with Gasteiger partial charge < -0.3 is 0 Å². The molecule has 0 N–H and O–H groups in total. The highest BCUT2D eigenvalue weighted by molar-refractivity contribution is 5.46. The van der Waals surface area contributed by atoms with Gasteiger partial charge in [-0.15, -0.1) is 0 Å². The van der Waals surface area contributed by atoms with Gasteiger partial charge in [-0.2, -0.15) is 4.57 Å². The van der Waals surface area contributed by atoms with Crippen molar-refractivity contribution in [3.63, 3.8) is 0 Å². The van der Waals surface area contributed by atoms with E-state index in [4.69, 9.17) is 0 Å². The van der Waals surface area contributed by atoms with Gasteiger partial charge in [0.1, 0.15) is 12.7 Å². The minimum atomic E-state index is 0.849. The molecule has 2 heterocycles. The summed E-state index contributed by atoms with van der Waals surface area (Å²) in [6.07, 6.45) is 10.6. The second-order valence-corrected chi connectivity index (χ2v) is 2.84. The highest BCUT2D eigenvalue weighted by atomic mass is 15.0. The number of rotatable bonds is 2. The molecule has 4 nitrogen and oxygen atoms in total. The van der Waals surface area contributed by atoms with Crippen molar-refractivity contribution in [1.82, 2.24) is 15.0 Å². The van der Waals surface area contributed by atoms with E-state index in [0.717, 1.165) is 17.9 Å². The first-order chi connectivity index (χ1) is 6.92. The lowest BCUT2D eigenvalue weighted by molar-refractivity contribution is -0.683. The monoisotopic (exact) mass is 187 g/mol. The number of aromatic nitrogens is 4. The van der Waals surface area contributed by atoms with Crippen LogP contribution in [0.2, 0.25) is 0 Å². The van der Waals surface area contributed by atoms with Gasteiger partial charge in [0, 0.05) is 12.4 Å². The van der Waals surface area contributed by atoms with Crippen LogP contribution >= 0.6 is 0 Å². The molecule has 0 bridgehead atoms. The molecule has 0 atom stereocenters. The summed E-state index contributed by atoms with van der Waals surface area (Å²) in [6, 6.07) is 0. The van der Waals surface area contributed by atoms with Crippen LogP contribution in [0, 0.1) is 0 Å². The van der Waals surface area contributed by atoms with Crippen molar-refractivity contribution in [3.8, 4) is 11.4 Å². The molecule has 70 valence electrons. The molecule has 2 rings (SSSR count). The third kappa shape index (κ3) is 1.59. The minimum Gasteiger partial charge on any atom is -0.261 e. The van der Waals surface area contributed by atoms with Gasteiger partial charge in [0.25, 0.3) is 5.69 Å². The van der Waals surface area contributed by atoms with Gasteiger partial charge in [0.05, 0.1) is 12.4 Å². The van der Waals surface area contributed by atoms with E-state index in [9.17, 15) is 0 Å². The Morgan fingerprint density at radius 1 is 1.14 bits per heavy atom. The van der Waals surface area contributed by atoms with Crippen molar-refractivity contribution >= 4 is 0 Å². The van der Waals surface area contributed by atoms with Crippen LogP contribution in [0.4, 0.5) is 0 Å². The Morgan fingerprint density at radius 3 is 2.71 bits per heavy atom. The zero-order valence-corrected chi connectivity index (χ0v) is 7.96. The van der Waals surface area contributed by atoms with Crippen molar-refractivity contribution in [2.45, 2.75) is 13.5 Å². The van der Waals surface area contributed by atoms with Crippen molar-refractivity contribution in [2.24, 2.45) is 0 Å². The van der Waals surface area contributed by atoms with E-state index >= 15 is 0 Å². The summed E-state index contributed by atoms with van der Waals surface area (Å²) in [6.45, 7) is 2.98. The second-order valence-electron chi connectivity index (χ2n) is 2.84. The van der Waals surface area contributed by atoms with E-state index in [0.29, 0.717) is 0 Å². The van der Waals surface area contributed by atoms with Crippen molar-refractivity contribution in [1.29, 1.82) is 0 Å². The minimum absolute atomic E-state index is 0.849. The molecule has 0 unspecified atom stereocenters. The predicted octanol–water partition coefficient (Wildman–Crippen LogP) is 0.846. The maximum Gasteiger partial charge on any atom is 0.251 e. The normalized spacial score (nSPS) is 10.1. The van der Waals surface area contributed by atoms with Crippen LogP contribution in [0.25, 0.3) is 11.4 Å². The molecule has 0 saturated carbocycles. The molecule has 0 fully saturated rings. The van der Waals surface area contributed by atoms with Crippen molar-refractivity contribution in [3.05, 3.63) is 37.2 Å². The molecule has 0 aromatic carbocycles. The van der Waals surface area contributed by atoms with E-state index in [1.807, 2.05) is 6.20 Å². The first-order valence-corrected chi connectivity index (χ1v) is 4.51. The molecular formula is C10H11N4+. The van der Waals surface area contributed by atoms with Gasteiger partial charge in [-0.3, -0.25) is 9.97 Å². The smallest absolute Gasteiger partial charge is 0.251 e. The predicted molar refractivity (Wildman–Crippen MR) is 51.1 cm³/mol. The summed E-state index contributed by atoms with van der Waals surface area (Å²) >= 11 is 0. The van der Waals surface area contributed by atoms with E-state index in [1.54, 1.807) is 31.0 Å². The van der Waals surface area contributed by atoms with E-state index in [1.165, 1.54) is 0 Å². The summed E-state index contributed by atoms with van der Waals surface area (Å²) in [5.41, 5.74) is 1.84. The molecule has 0 radical (unpaired) electrons. The third-order valence-corrected chi connectivity index (χ3v) is 2.01. The summed E-state index contributed by atoms with van der Waals surface area (Å²) in [7, 11) is 0. The molecular weight excluding hydrogens is 176 g/mol. The molecule has 4 heteroatoms. The second kappa shape index (κ2) is 3.91. The van der Waals surface area contributed by atoms with Crippen LogP contribution < -0.4 is 4.57 Å². The summed E-state index contributed by atoms with van der Waals surface area (Å²) in [5.74, 6) is 0. The Morgan fingerprint density at radius 2 is 2.00 bits per heavy atom. The molecule has 2 aromatic rings. The van der Waals surface area contributed by atoms with Gasteiger partial charge in [-0.25, -0.2) is 4.98 Å². The standard InChI is InChI=1S/C10H11N4/c1-2-14-6-5-12-8-10(14)9-7-11-3-4-13-9/h3-8H,2H2,1H3/q+1. The fourth-order valence-corrected chi connectivity index (χ4v) is 1.31. The highest BCUT2D eigenvalue weighted by Gasteiger charge is 2.11. The van der Waals surface area contributed by atoms with E-state index in [-0.39, 0.29) is 0 Å². The number of hydrogen-bond acceptors (Lipinski definition) is 3. The Balaban J connectivity index is 2.51. The molecule has 0 aliphatic carbocycles. The molecule has 0 aliphatic rings. The van der Waals surface area contributed by atoms with Crippen LogP contribution in [0.3, 0.4) is 0 Å². The molecule has 14 heavy (non-hydrogen) atoms. The van der Waals surface area contributed by atoms with Gasteiger partial charge in [0.2, 0.25) is 0 Å². The van der Waals surface area contributed by atoms with E-state index in [2.05, 4.69) is 26.4 Å². The maximum atomic E-state index is 4.23. The van der Waals surface area contributed by atoms with Gasteiger partial charge in [-0.1, -0.05) is 0 Å². The molecule has 0 aliphatic heterocycles. The Hall–Kier alpha value is -1.84. The van der Waals surface area contributed by atoms with Crippen LogP contribution in [-0.2, 0) is 6.54 Å². The number of nitrogens with zero attached hydrogens (tertiary/aromatic N) is 4. The topological polar surface area (TPSA) is 42.5 Å². The fraction of sp³-hybridized carbons (Fsp3) is 0.200. The average molecular weight is 187 g/mol. The number of aryl methyl sites for hydroxylation is 1. The van der Waals surface area contributed by atoms with Crippen LogP contribution in [0.15, 0.2) is 37.2 Å². The number of hydrogen-bond donors (Lipinski definition) is 0. The molecule has 2 aromatic heterocycles. The van der Waals surface area contributed by atoms with Crippen LogP contribution in [-0.4, -0.2) is 15.0 Å². The summed E-state index contributed by atoms with van der Waals surface area (Å²) < 4.78 is 2.08. The Bertz CT molecular complexity index is 413. The zero-order valence-electron chi connectivity index (χ0n) is 7.96. The first-order valence-electron chi connectivity index (χ1n) is 4.51. The van der Waals surface area contributed by atoms with E-state index < -0.39 is 0 Å². The lowest BCUT2D eigenvalue weighted by Gasteiger charge is -1.98. The lowest BCUT2D eigenvalue weighted by atomic mass is 10.3. The van der Waals surface area contributed by atoms with Gasteiger partial charge in [0.15, 0.2) is 11.9 Å². The van der Waals surface area contributed by atoms with Crippen molar-refractivity contribution in [2.75, 3.05) is 0 Å². The summed E-state index contributed by atoms with van der Waals surface area (Å²) in [4.78, 5) is 12.3. The van der Waals surface area contributed by atoms with Gasteiger partial charge in [-0.05, 0) is 6.92 Å². The highest BCUT2D eigenvalue weighted by Crippen LogP contribution is 2.07. The fourth-order valence-electron chi connectivity index (χ4n) is 1.31. The summed E-state index contributed by atoms with van der Waals surface area (Å²) in [5, 5.41) is 0. The quantitative estimate of drug-likeness (QED) is 0.654. The maximum absolute atomic E-state index is 4.23.